The summed E-state index contributed by atoms with van der Waals surface area (Å²) in [6.45, 7) is 5.35. The van der Waals surface area contributed by atoms with Crippen molar-refractivity contribution in [3.63, 3.8) is 0 Å². The molecule has 240 valence electrons. The van der Waals surface area contributed by atoms with Crippen LogP contribution in [-0.2, 0) is 46.6 Å². The number of alkyl halides is 12. The number of hydrogen-bond acceptors (Lipinski definition) is 9. The zero-order valence-electron chi connectivity index (χ0n) is 19.1. The maximum Gasteiger partial charge on any atom is 0.512 e. The molecule has 0 aliphatic carbocycles. The molecule has 0 bridgehead atoms. The number of nitrogens with zero attached hydrogens (tertiary/aromatic N) is 2. The highest BCUT2D eigenvalue weighted by Gasteiger charge is 2.56. The maximum absolute atomic E-state index is 11.5. The van der Waals surface area contributed by atoms with Crippen molar-refractivity contribution in [3.05, 3.63) is 18.2 Å². The lowest BCUT2D eigenvalue weighted by Gasteiger charge is -2.11. The first-order valence-electron chi connectivity index (χ1n) is 9.05. The molecule has 0 aliphatic heterocycles. The minimum absolute atomic E-state index is 0.493. The van der Waals surface area contributed by atoms with Gasteiger partial charge in [0, 0.05) is 18.9 Å². The molecule has 40 heavy (non-hydrogen) atoms. The maximum atomic E-state index is 11.5. The van der Waals surface area contributed by atoms with Crippen LogP contribution in [0.1, 0.15) is 25.6 Å². The predicted molar refractivity (Wildman–Crippen MR) is 108 cm³/mol. The number of sulfonamides is 4. The Hall–Kier alpha value is -1.91. The molecule has 0 spiro atoms. The molecule has 12 nitrogen and oxygen atoms in total. The van der Waals surface area contributed by atoms with E-state index in [4.69, 9.17) is 0 Å². The van der Waals surface area contributed by atoms with Crippen LogP contribution in [0.15, 0.2) is 12.4 Å². The monoisotopic (exact) mass is 700 g/mol. The van der Waals surface area contributed by atoms with Crippen molar-refractivity contribution < 1.29 is 86.4 Å². The van der Waals surface area contributed by atoms with Gasteiger partial charge in [0.1, 0.15) is 5.82 Å². The lowest BCUT2D eigenvalue weighted by atomic mass is 10.3. The van der Waals surface area contributed by atoms with Crippen LogP contribution >= 0.6 is 0 Å². The molecule has 0 saturated heterocycles. The number of halogens is 12. The summed E-state index contributed by atoms with van der Waals surface area (Å²) in [6, 6.07) is 0. The number of imidazole rings is 1. The second-order valence-corrected chi connectivity index (χ2v) is 13.7. The second kappa shape index (κ2) is 13.4. The van der Waals surface area contributed by atoms with Crippen LogP contribution in [0.25, 0.3) is 0 Å². The van der Waals surface area contributed by atoms with Crippen LogP contribution in [0.5, 0.6) is 0 Å². The average molecular weight is 701 g/mol. The summed E-state index contributed by atoms with van der Waals surface area (Å²) in [5.74, 6) is 1.12. The molecule has 28 heteroatoms. The molecule has 0 radical (unpaired) electrons. The van der Waals surface area contributed by atoms with E-state index < -0.39 is 70.4 Å². The van der Waals surface area contributed by atoms with Crippen molar-refractivity contribution in [2.24, 2.45) is 0 Å². The molecule has 1 aromatic heterocycles. The molecule has 1 rings (SSSR count). The smallest absolute Gasteiger partial charge is 0.335 e. The van der Waals surface area contributed by atoms with Gasteiger partial charge in [-0.1, -0.05) is 21.6 Å². The summed E-state index contributed by atoms with van der Waals surface area (Å²) in [4.78, 5) is 4.13. The van der Waals surface area contributed by atoms with Crippen LogP contribution < -0.4 is 8.25 Å². The Morgan fingerprint density at radius 3 is 1.10 bits per heavy atom. The molecular formula is C12H16F12N4O8S4. The number of unbranched alkanes of at least 4 members (excludes halogenated alkanes) is 1. The Kier molecular flexibility index (Phi) is 13.5. The fourth-order valence-corrected chi connectivity index (χ4v) is 5.27. The Balaban J connectivity index is 0. The van der Waals surface area contributed by atoms with Crippen LogP contribution in [0, 0.1) is 6.92 Å². The zero-order valence-corrected chi connectivity index (χ0v) is 22.4. The minimum Gasteiger partial charge on any atom is -0.335 e. The third-order valence-electron chi connectivity index (χ3n) is 3.33. The molecule has 1 aromatic rings. The van der Waals surface area contributed by atoms with Crippen molar-refractivity contribution in [2.45, 2.75) is 55.3 Å². The first-order valence-corrected chi connectivity index (χ1v) is 15.0. The second-order valence-electron chi connectivity index (χ2n) is 6.48. The van der Waals surface area contributed by atoms with E-state index in [2.05, 4.69) is 16.5 Å². The van der Waals surface area contributed by atoms with Gasteiger partial charge in [-0.2, -0.15) is 52.7 Å². The molecule has 0 atom stereocenters. The quantitative estimate of drug-likeness (QED) is 0.405. The van der Waals surface area contributed by atoms with Crippen molar-refractivity contribution in [2.75, 3.05) is 0 Å². The number of aromatic nitrogens is 2. The highest BCUT2D eigenvalue weighted by molar-refractivity contribution is 8.06. The van der Waals surface area contributed by atoms with Crippen molar-refractivity contribution in [3.8, 4) is 0 Å². The molecule has 0 fully saturated rings. The average Bonchev–Trinajstić information content (AvgIpc) is 3.07. The van der Waals surface area contributed by atoms with Gasteiger partial charge in [-0.25, -0.2) is 38.7 Å². The van der Waals surface area contributed by atoms with Gasteiger partial charge in [0.2, 0.25) is 0 Å². The standard InChI is InChI=1S/C8H14N2.2C2HF6NO4S2/c1-3-4-6-10-7-5-9-8(10)2;2*3-1(4,5)14(10,11)9-15(12,13)2(6,7)8/h5,7H,3-4,6H2,1-2H3;2*9H. The van der Waals surface area contributed by atoms with Crippen molar-refractivity contribution in [1.82, 2.24) is 17.8 Å². The molecule has 0 aliphatic rings. The lowest BCUT2D eigenvalue weighted by molar-refractivity contribution is -0.0487. The third kappa shape index (κ3) is 12.3. The van der Waals surface area contributed by atoms with Crippen LogP contribution in [-0.4, -0.2) is 65.3 Å². The van der Waals surface area contributed by atoms with E-state index >= 15 is 0 Å². The van der Waals surface area contributed by atoms with E-state index in [1.807, 2.05) is 19.3 Å². The number of hydrogen-bond donors (Lipinski definition) is 2. The number of aryl methyl sites for hydroxylation is 2. The number of nitrogens with one attached hydrogen (secondary N) is 2. The van der Waals surface area contributed by atoms with Gasteiger partial charge in [0.05, 0.1) is 0 Å². The molecule has 0 unspecified atom stereocenters. The summed E-state index contributed by atoms with van der Waals surface area (Å²) >= 11 is 0. The Labute approximate surface area is 217 Å². The van der Waals surface area contributed by atoms with E-state index in [-0.39, 0.29) is 0 Å². The normalized spacial score (nSPS) is 14.1. The molecule has 0 amide bonds. The fraction of sp³-hybridized carbons (Fsp3) is 0.750. The summed E-state index contributed by atoms with van der Waals surface area (Å²) in [5, 5.41) is 0. The number of rotatable bonds is 7. The highest BCUT2D eigenvalue weighted by atomic mass is 32.3. The largest absolute Gasteiger partial charge is 0.512 e. The summed E-state index contributed by atoms with van der Waals surface area (Å²) in [7, 11) is -26.4. The van der Waals surface area contributed by atoms with Gasteiger partial charge in [0.15, 0.2) is 0 Å². The molecule has 0 saturated carbocycles. The van der Waals surface area contributed by atoms with E-state index in [1.165, 1.54) is 12.8 Å². The van der Waals surface area contributed by atoms with Gasteiger partial charge in [-0.05, 0) is 13.3 Å². The van der Waals surface area contributed by atoms with Gasteiger partial charge in [-0.15, -0.1) is 0 Å². The van der Waals surface area contributed by atoms with Crippen molar-refractivity contribution in [1.29, 1.82) is 0 Å². The zero-order chi connectivity index (χ0) is 32.8. The van der Waals surface area contributed by atoms with Gasteiger partial charge < -0.3 is 4.57 Å². The Bertz CT molecular complexity index is 1220. The summed E-state index contributed by atoms with van der Waals surface area (Å²) in [6.07, 6.45) is 6.38. The van der Waals surface area contributed by atoms with E-state index in [9.17, 15) is 86.4 Å². The fourth-order valence-electron chi connectivity index (χ4n) is 1.45. The van der Waals surface area contributed by atoms with Gasteiger partial charge >= 0.3 is 62.1 Å². The van der Waals surface area contributed by atoms with Gasteiger partial charge in [-0.3, -0.25) is 0 Å². The minimum atomic E-state index is -6.60. The SMILES string of the molecule is CCCCn1ccnc1C.O=S(=O)(NS(=O)(=O)C(F)(F)F)C(F)(F)F.O=S(=O)(NS(=O)(=O)C(F)(F)F)C(F)(F)F. The topological polar surface area (TPSA) is 178 Å². The molecular weight excluding hydrogens is 684 g/mol. The summed E-state index contributed by atoms with van der Waals surface area (Å²) in [5.41, 5.74) is -24.6. The first-order chi connectivity index (χ1) is 17.3. The lowest BCUT2D eigenvalue weighted by Crippen LogP contribution is -2.45. The first kappa shape index (κ1) is 40.2. The van der Waals surface area contributed by atoms with Crippen LogP contribution in [0.3, 0.4) is 0 Å². The molecule has 2 N–H and O–H groups in total. The van der Waals surface area contributed by atoms with Crippen molar-refractivity contribution >= 4 is 40.1 Å². The van der Waals surface area contributed by atoms with Crippen LogP contribution in [0.2, 0.25) is 0 Å². The Morgan fingerprint density at radius 1 is 0.650 bits per heavy atom. The van der Waals surface area contributed by atoms with E-state index in [1.54, 1.807) is 0 Å². The molecule has 0 aromatic carbocycles. The Morgan fingerprint density at radius 2 is 0.925 bits per heavy atom. The predicted octanol–water partition coefficient (Wildman–Crippen LogP) is 2.54. The van der Waals surface area contributed by atoms with E-state index in [0.717, 1.165) is 12.4 Å². The van der Waals surface area contributed by atoms with Crippen LogP contribution in [0.4, 0.5) is 52.7 Å². The van der Waals surface area contributed by atoms with Gasteiger partial charge in [0.25, 0.3) is 0 Å². The summed E-state index contributed by atoms with van der Waals surface area (Å²) < 4.78 is 219. The highest BCUT2D eigenvalue weighted by Crippen LogP contribution is 2.28. The van der Waals surface area contributed by atoms with E-state index in [0.29, 0.717) is 0 Å². The third-order valence-corrected chi connectivity index (χ3v) is 9.28. The molecule has 1 heterocycles.